The van der Waals surface area contributed by atoms with Crippen molar-refractivity contribution in [1.29, 1.82) is 0 Å². The quantitative estimate of drug-likeness (QED) is 0.884. The fraction of sp³-hybridized carbons (Fsp3) is 0.200. The Bertz CT molecular complexity index is 762. The molecule has 112 valence electrons. The highest BCUT2D eigenvalue weighted by molar-refractivity contribution is 9.10. The fourth-order valence-corrected chi connectivity index (χ4v) is 4.42. The molecule has 1 N–H and O–H groups in total. The zero-order valence-electron chi connectivity index (χ0n) is 11.6. The Morgan fingerprint density at radius 3 is 2.48 bits per heavy atom. The van der Waals surface area contributed by atoms with Crippen molar-refractivity contribution >= 4 is 26.0 Å². The fourth-order valence-electron chi connectivity index (χ4n) is 2.01. The number of halogens is 2. The van der Waals surface area contributed by atoms with E-state index >= 15 is 0 Å². The van der Waals surface area contributed by atoms with Gasteiger partial charge in [0, 0.05) is 16.1 Å². The SMILES string of the molecule is Cc1ccc(S(=O)(=O)N[C@H](C)c2ccccc2F)c(Br)c1. The molecular formula is C15H15BrFNO2S. The summed E-state index contributed by atoms with van der Waals surface area (Å²) >= 11 is 3.25. The zero-order valence-corrected chi connectivity index (χ0v) is 14.0. The third-order valence-corrected chi connectivity index (χ3v) is 5.60. The molecule has 0 heterocycles. The second-order valence-corrected chi connectivity index (χ2v) is 7.34. The predicted molar refractivity (Wildman–Crippen MR) is 84.0 cm³/mol. The largest absolute Gasteiger partial charge is 0.242 e. The van der Waals surface area contributed by atoms with E-state index in [1.807, 2.05) is 6.92 Å². The molecule has 0 amide bonds. The first-order valence-electron chi connectivity index (χ1n) is 6.34. The molecule has 6 heteroatoms. The van der Waals surface area contributed by atoms with Crippen molar-refractivity contribution in [3.05, 3.63) is 63.9 Å². The van der Waals surface area contributed by atoms with E-state index in [0.29, 0.717) is 10.0 Å². The van der Waals surface area contributed by atoms with Crippen LogP contribution in [-0.4, -0.2) is 8.42 Å². The summed E-state index contributed by atoms with van der Waals surface area (Å²) in [6.07, 6.45) is 0. The molecule has 0 aliphatic carbocycles. The summed E-state index contributed by atoms with van der Waals surface area (Å²) in [5, 5.41) is 0. The van der Waals surface area contributed by atoms with Crippen molar-refractivity contribution in [2.45, 2.75) is 24.8 Å². The van der Waals surface area contributed by atoms with Crippen LogP contribution in [0.1, 0.15) is 24.1 Å². The number of sulfonamides is 1. The van der Waals surface area contributed by atoms with Crippen LogP contribution in [0.2, 0.25) is 0 Å². The number of aryl methyl sites for hydroxylation is 1. The molecule has 2 rings (SSSR count). The summed E-state index contributed by atoms with van der Waals surface area (Å²) in [6.45, 7) is 3.48. The molecule has 0 aliphatic rings. The normalized spacial score (nSPS) is 13.1. The average Bonchev–Trinajstić information content (AvgIpc) is 2.37. The van der Waals surface area contributed by atoms with Gasteiger partial charge >= 0.3 is 0 Å². The summed E-state index contributed by atoms with van der Waals surface area (Å²) < 4.78 is 41.5. The van der Waals surface area contributed by atoms with Crippen molar-refractivity contribution in [2.75, 3.05) is 0 Å². The molecule has 0 unspecified atom stereocenters. The highest BCUT2D eigenvalue weighted by atomic mass is 79.9. The Morgan fingerprint density at radius 1 is 1.19 bits per heavy atom. The first-order chi connectivity index (χ1) is 9.81. The third kappa shape index (κ3) is 3.70. The minimum Gasteiger partial charge on any atom is -0.207 e. The molecule has 0 aliphatic heterocycles. The monoisotopic (exact) mass is 371 g/mol. The molecule has 0 aromatic heterocycles. The van der Waals surface area contributed by atoms with E-state index in [4.69, 9.17) is 0 Å². The van der Waals surface area contributed by atoms with Crippen LogP contribution < -0.4 is 4.72 Å². The van der Waals surface area contributed by atoms with Gasteiger partial charge in [0.15, 0.2) is 0 Å². The van der Waals surface area contributed by atoms with Crippen LogP contribution in [0.25, 0.3) is 0 Å². The molecule has 2 aromatic carbocycles. The number of hydrogen-bond donors (Lipinski definition) is 1. The van der Waals surface area contributed by atoms with Gasteiger partial charge in [-0.15, -0.1) is 0 Å². The van der Waals surface area contributed by atoms with Crippen LogP contribution in [0.5, 0.6) is 0 Å². The van der Waals surface area contributed by atoms with Crippen molar-refractivity contribution in [3.8, 4) is 0 Å². The first kappa shape index (κ1) is 16.1. The highest BCUT2D eigenvalue weighted by Gasteiger charge is 2.22. The molecule has 21 heavy (non-hydrogen) atoms. The standard InChI is InChI=1S/C15H15BrFNO2S/c1-10-7-8-15(13(16)9-10)21(19,20)18-11(2)12-5-3-4-6-14(12)17/h3-9,11,18H,1-2H3/t11-/m1/s1. The molecule has 0 saturated heterocycles. The molecule has 0 bridgehead atoms. The van der Waals surface area contributed by atoms with Crippen LogP contribution in [0.3, 0.4) is 0 Å². The average molecular weight is 372 g/mol. The number of hydrogen-bond acceptors (Lipinski definition) is 2. The lowest BCUT2D eigenvalue weighted by atomic mass is 10.1. The van der Waals surface area contributed by atoms with E-state index < -0.39 is 21.9 Å². The minimum absolute atomic E-state index is 0.135. The first-order valence-corrected chi connectivity index (χ1v) is 8.62. The maximum absolute atomic E-state index is 13.7. The van der Waals surface area contributed by atoms with Gasteiger partial charge in [0.25, 0.3) is 0 Å². The Balaban J connectivity index is 2.31. The highest BCUT2D eigenvalue weighted by Crippen LogP contribution is 2.25. The molecule has 3 nitrogen and oxygen atoms in total. The van der Waals surface area contributed by atoms with Gasteiger partial charge in [-0.2, -0.15) is 0 Å². The van der Waals surface area contributed by atoms with Gasteiger partial charge in [-0.1, -0.05) is 24.3 Å². The molecule has 0 spiro atoms. The number of benzene rings is 2. The summed E-state index contributed by atoms with van der Waals surface area (Å²) in [5.41, 5.74) is 1.26. The van der Waals surface area contributed by atoms with Crippen molar-refractivity contribution < 1.29 is 12.8 Å². The van der Waals surface area contributed by atoms with Crippen molar-refractivity contribution in [3.63, 3.8) is 0 Å². The van der Waals surface area contributed by atoms with Gasteiger partial charge in [-0.25, -0.2) is 17.5 Å². The van der Waals surface area contributed by atoms with Gasteiger partial charge in [0.1, 0.15) is 5.82 Å². The van der Waals surface area contributed by atoms with E-state index in [0.717, 1.165) is 5.56 Å². The Kier molecular flexibility index (Phi) is 4.81. The zero-order chi connectivity index (χ0) is 15.6. The van der Waals surface area contributed by atoms with Gasteiger partial charge in [-0.05, 0) is 53.5 Å². The van der Waals surface area contributed by atoms with E-state index in [9.17, 15) is 12.8 Å². The summed E-state index contributed by atoms with van der Waals surface area (Å²) in [6, 6.07) is 10.4. The number of rotatable bonds is 4. The van der Waals surface area contributed by atoms with Crippen molar-refractivity contribution in [2.24, 2.45) is 0 Å². The smallest absolute Gasteiger partial charge is 0.207 e. The summed E-state index contributed by atoms with van der Waals surface area (Å²) in [7, 11) is -3.74. The second kappa shape index (κ2) is 6.25. The van der Waals surface area contributed by atoms with Crippen molar-refractivity contribution in [1.82, 2.24) is 4.72 Å². The Hall–Kier alpha value is -1.24. The molecule has 0 fully saturated rings. The lowest BCUT2D eigenvalue weighted by Gasteiger charge is -2.16. The minimum atomic E-state index is -3.74. The van der Waals surface area contributed by atoms with E-state index in [1.165, 1.54) is 12.1 Å². The second-order valence-electron chi connectivity index (χ2n) is 4.80. The maximum atomic E-state index is 13.7. The van der Waals surface area contributed by atoms with Gasteiger partial charge in [0.05, 0.1) is 4.90 Å². The summed E-state index contributed by atoms with van der Waals surface area (Å²) in [4.78, 5) is 0.135. The van der Waals surface area contributed by atoms with Crippen LogP contribution in [-0.2, 0) is 10.0 Å². The van der Waals surface area contributed by atoms with Crippen LogP contribution >= 0.6 is 15.9 Å². The topological polar surface area (TPSA) is 46.2 Å². The Morgan fingerprint density at radius 2 is 1.86 bits per heavy atom. The van der Waals surface area contributed by atoms with Crippen LogP contribution in [0, 0.1) is 12.7 Å². The van der Waals surface area contributed by atoms with E-state index in [-0.39, 0.29) is 4.90 Å². The van der Waals surface area contributed by atoms with E-state index in [2.05, 4.69) is 20.7 Å². The van der Waals surface area contributed by atoms with Gasteiger partial charge in [-0.3, -0.25) is 0 Å². The van der Waals surface area contributed by atoms with E-state index in [1.54, 1.807) is 37.3 Å². The molecule has 1 atom stereocenters. The van der Waals surface area contributed by atoms with Gasteiger partial charge in [0.2, 0.25) is 10.0 Å². The van der Waals surface area contributed by atoms with Crippen LogP contribution in [0.4, 0.5) is 4.39 Å². The third-order valence-electron chi connectivity index (χ3n) is 3.08. The summed E-state index contributed by atoms with van der Waals surface area (Å²) in [5.74, 6) is -0.435. The molecule has 0 radical (unpaired) electrons. The molecule has 0 saturated carbocycles. The predicted octanol–water partition coefficient (Wildman–Crippen LogP) is 3.94. The maximum Gasteiger partial charge on any atom is 0.242 e. The lowest BCUT2D eigenvalue weighted by Crippen LogP contribution is -2.27. The Labute approximate surface area is 132 Å². The molecule has 2 aromatic rings. The van der Waals surface area contributed by atoms with Gasteiger partial charge < -0.3 is 0 Å². The lowest BCUT2D eigenvalue weighted by molar-refractivity contribution is 0.549. The molecular weight excluding hydrogens is 357 g/mol. The number of nitrogens with one attached hydrogen (secondary N) is 1. The van der Waals surface area contributed by atoms with Crippen LogP contribution in [0.15, 0.2) is 51.8 Å².